The summed E-state index contributed by atoms with van der Waals surface area (Å²) in [5.74, 6) is -1.48. The number of hydrogen-bond donors (Lipinski definition) is 4. The molecule has 1 fully saturated rings. The average molecular weight is 458 g/mol. The van der Waals surface area contributed by atoms with Crippen LogP contribution in [0.3, 0.4) is 0 Å². The predicted molar refractivity (Wildman–Crippen MR) is 121 cm³/mol. The Bertz CT molecular complexity index is 1160. The lowest BCUT2D eigenvalue weighted by atomic mass is 9.85. The molecule has 3 unspecified atom stereocenters. The van der Waals surface area contributed by atoms with E-state index in [1.54, 1.807) is 0 Å². The molecule has 0 amide bonds. The molecule has 0 radical (unpaired) electrons. The van der Waals surface area contributed by atoms with Gasteiger partial charge in [0.05, 0.1) is 11.0 Å². The highest BCUT2D eigenvalue weighted by atomic mass is 19.1. The van der Waals surface area contributed by atoms with Crippen LogP contribution >= 0.6 is 0 Å². The van der Waals surface area contributed by atoms with Crippen LogP contribution in [0.5, 0.6) is 0 Å². The Hall–Kier alpha value is -2.55. The van der Waals surface area contributed by atoms with E-state index in [4.69, 9.17) is 4.98 Å². The molecule has 33 heavy (non-hydrogen) atoms. The van der Waals surface area contributed by atoms with E-state index < -0.39 is 24.0 Å². The number of benzene rings is 2. The molecule has 3 aromatic rings. The third kappa shape index (κ3) is 4.11. The minimum Gasteiger partial charge on any atom is -0.382 e. The van der Waals surface area contributed by atoms with Crippen molar-refractivity contribution in [1.82, 2.24) is 9.55 Å². The van der Waals surface area contributed by atoms with Gasteiger partial charge in [0.2, 0.25) is 0 Å². The Balaban J connectivity index is 1.67. The summed E-state index contributed by atoms with van der Waals surface area (Å²) < 4.78 is 29.8. The number of halogens is 2. The third-order valence-electron chi connectivity index (χ3n) is 7.14. The molecule has 0 saturated heterocycles. The van der Waals surface area contributed by atoms with E-state index in [0.717, 1.165) is 66.2 Å². The van der Waals surface area contributed by atoms with Gasteiger partial charge in [-0.25, -0.2) is 13.8 Å². The van der Waals surface area contributed by atoms with Crippen molar-refractivity contribution in [3.8, 4) is 0 Å². The number of nitrogens with zero attached hydrogens (tertiary/aromatic N) is 2. The molecule has 2 aromatic carbocycles. The maximum Gasteiger partial charge on any atom is 0.154 e. The van der Waals surface area contributed by atoms with Gasteiger partial charge < -0.3 is 25.2 Å². The van der Waals surface area contributed by atoms with Crippen molar-refractivity contribution in [3.05, 3.63) is 58.9 Å². The van der Waals surface area contributed by atoms with Crippen LogP contribution in [-0.4, -0.2) is 37.2 Å². The van der Waals surface area contributed by atoms with Gasteiger partial charge in [-0.15, -0.1) is 0 Å². The van der Waals surface area contributed by atoms with E-state index in [2.05, 4.69) is 12.2 Å². The van der Waals surface area contributed by atoms with Crippen LogP contribution in [-0.2, 0) is 6.42 Å². The molecule has 2 aliphatic rings. The lowest BCUT2D eigenvalue weighted by Crippen LogP contribution is -2.29. The molecule has 1 aliphatic carbocycles. The first-order valence-electron chi connectivity index (χ1n) is 11.6. The molecule has 4 atom stereocenters. The molecule has 8 heteroatoms. The van der Waals surface area contributed by atoms with E-state index in [9.17, 15) is 24.1 Å². The van der Waals surface area contributed by atoms with Gasteiger partial charge in [0.15, 0.2) is 6.29 Å². The number of aliphatic hydroxyl groups excluding tert-OH is 2. The molecule has 1 saturated carbocycles. The monoisotopic (exact) mass is 457 g/mol. The summed E-state index contributed by atoms with van der Waals surface area (Å²) in [6.07, 6.45) is 1.88. The number of imidazole rings is 1. The number of hydrogen-bond acceptors (Lipinski definition) is 5. The molecule has 1 aliphatic heterocycles. The van der Waals surface area contributed by atoms with Gasteiger partial charge >= 0.3 is 0 Å². The largest absolute Gasteiger partial charge is 0.382 e. The second-order valence-corrected chi connectivity index (χ2v) is 9.48. The second-order valence-electron chi connectivity index (χ2n) is 9.48. The van der Waals surface area contributed by atoms with Crippen molar-refractivity contribution in [2.24, 2.45) is 5.92 Å². The van der Waals surface area contributed by atoms with Crippen LogP contribution in [0.2, 0.25) is 0 Å². The number of nitrogens with one attached hydrogen (secondary N) is 1. The molecule has 0 spiro atoms. The molecule has 176 valence electrons. The molecule has 5 rings (SSSR count). The van der Waals surface area contributed by atoms with Crippen LogP contribution in [0.15, 0.2) is 30.3 Å². The summed E-state index contributed by atoms with van der Waals surface area (Å²) in [4.78, 5) is 4.83. The summed E-state index contributed by atoms with van der Waals surface area (Å²) in [5, 5.41) is 34.3. The Morgan fingerprint density at radius 2 is 1.82 bits per heavy atom. The van der Waals surface area contributed by atoms with Crippen molar-refractivity contribution < 1.29 is 24.1 Å². The van der Waals surface area contributed by atoms with Gasteiger partial charge in [0, 0.05) is 35.3 Å². The summed E-state index contributed by atoms with van der Waals surface area (Å²) in [6, 6.07) is 7.23. The highest BCUT2D eigenvalue weighted by molar-refractivity contribution is 5.86. The minimum absolute atomic E-state index is 0.0965. The minimum atomic E-state index is -1.41. The number of aliphatic hydroxyl groups is 3. The van der Waals surface area contributed by atoms with Gasteiger partial charge in [0.1, 0.15) is 23.6 Å². The Labute approximate surface area is 190 Å². The van der Waals surface area contributed by atoms with Gasteiger partial charge in [0.25, 0.3) is 0 Å². The molecule has 0 bridgehead atoms. The fourth-order valence-electron chi connectivity index (χ4n) is 5.49. The van der Waals surface area contributed by atoms with Crippen LogP contribution < -0.4 is 5.32 Å². The average Bonchev–Trinajstić information content (AvgIpc) is 3.17. The first-order valence-corrected chi connectivity index (χ1v) is 11.6. The van der Waals surface area contributed by atoms with Gasteiger partial charge in [-0.2, -0.15) is 0 Å². The maximum absolute atomic E-state index is 13.9. The van der Waals surface area contributed by atoms with Crippen LogP contribution in [0.4, 0.5) is 14.5 Å². The van der Waals surface area contributed by atoms with Crippen molar-refractivity contribution in [1.29, 1.82) is 0 Å². The summed E-state index contributed by atoms with van der Waals surface area (Å²) in [7, 11) is 0. The van der Waals surface area contributed by atoms with E-state index >= 15 is 0 Å². The third-order valence-corrected chi connectivity index (χ3v) is 7.14. The van der Waals surface area contributed by atoms with Crippen LogP contribution in [0.25, 0.3) is 11.0 Å². The van der Waals surface area contributed by atoms with Gasteiger partial charge in [-0.05, 0) is 68.9 Å². The normalized spacial score (nSPS) is 24.0. The Morgan fingerprint density at radius 3 is 2.55 bits per heavy atom. The van der Waals surface area contributed by atoms with E-state index in [0.29, 0.717) is 24.7 Å². The van der Waals surface area contributed by atoms with Gasteiger partial charge in [-0.1, -0.05) is 6.42 Å². The predicted octanol–water partition coefficient (Wildman–Crippen LogP) is 4.18. The van der Waals surface area contributed by atoms with E-state index in [-0.39, 0.29) is 17.5 Å². The molecule has 4 N–H and O–H groups in total. The lowest BCUT2D eigenvalue weighted by Gasteiger charge is -2.33. The first kappa shape index (κ1) is 22.3. The number of aromatic nitrogens is 2. The maximum atomic E-state index is 13.9. The van der Waals surface area contributed by atoms with Crippen molar-refractivity contribution in [2.75, 3.05) is 5.32 Å². The fourth-order valence-corrected chi connectivity index (χ4v) is 5.49. The Morgan fingerprint density at radius 1 is 1.06 bits per heavy atom. The first-order chi connectivity index (χ1) is 15.8. The SMILES string of the molecule is C[C@H]1CCc2c(ccc3c2nc(C(O)c2cc(F)cc(F)c2)n3C2CCCC(C(O)O)C2)N1. The number of aryl methyl sites for hydroxylation is 1. The molecular formula is C25H29F2N3O3. The standard InChI is InChI=1S/C25H29F2N3O3/c1-13-5-6-19-20(28-13)7-8-21-22(19)29-24(23(31)15-9-16(26)12-17(27)10-15)30(21)18-4-2-3-14(11-18)25(32)33/h7-10,12-14,18,23,25,28,31-33H,2-6,11H2,1H3/t13-,14?,18?,23?/m0/s1. The highest BCUT2D eigenvalue weighted by Gasteiger charge is 2.33. The smallest absolute Gasteiger partial charge is 0.154 e. The van der Waals surface area contributed by atoms with Crippen molar-refractivity contribution in [2.45, 2.75) is 69.9 Å². The number of fused-ring (bicyclic) bond motifs is 3. The zero-order valence-corrected chi connectivity index (χ0v) is 18.5. The molecule has 6 nitrogen and oxygen atoms in total. The zero-order valence-electron chi connectivity index (χ0n) is 18.5. The topological polar surface area (TPSA) is 90.5 Å². The number of anilines is 1. The van der Waals surface area contributed by atoms with E-state index in [1.807, 2.05) is 16.7 Å². The molecule has 2 heterocycles. The zero-order chi connectivity index (χ0) is 23.3. The summed E-state index contributed by atoms with van der Waals surface area (Å²) in [6.45, 7) is 2.13. The number of rotatable bonds is 4. The Kier molecular flexibility index (Phi) is 5.84. The van der Waals surface area contributed by atoms with Crippen molar-refractivity contribution >= 4 is 16.7 Å². The van der Waals surface area contributed by atoms with Crippen molar-refractivity contribution in [3.63, 3.8) is 0 Å². The summed E-state index contributed by atoms with van der Waals surface area (Å²) >= 11 is 0. The fraction of sp³-hybridized carbons (Fsp3) is 0.480. The van der Waals surface area contributed by atoms with Crippen LogP contribution in [0.1, 0.15) is 68.1 Å². The van der Waals surface area contributed by atoms with Gasteiger partial charge in [-0.3, -0.25) is 0 Å². The lowest BCUT2D eigenvalue weighted by molar-refractivity contribution is -0.0971. The quantitative estimate of drug-likeness (QED) is 0.441. The molecule has 1 aromatic heterocycles. The van der Waals surface area contributed by atoms with E-state index in [1.165, 1.54) is 0 Å². The van der Waals surface area contributed by atoms with Crippen LogP contribution in [0, 0.1) is 17.6 Å². The second kappa shape index (κ2) is 8.66. The molecular weight excluding hydrogens is 428 g/mol. The highest BCUT2D eigenvalue weighted by Crippen LogP contribution is 2.41. The summed E-state index contributed by atoms with van der Waals surface area (Å²) in [5.41, 5.74) is 3.78.